The molecule has 6 nitrogen and oxygen atoms in total. The predicted octanol–water partition coefficient (Wildman–Crippen LogP) is 21.0. The maximum absolute atomic E-state index is 12.5. The number of rotatable bonds is 62. The summed E-state index contributed by atoms with van der Waals surface area (Å²) in [5.74, 6) is -0.0297. The number of ether oxygens (including phenoxy) is 1. The monoisotopic (exact) mass is 1030 g/mol. The van der Waals surface area contributed by atoms with Crippen molar-refractivity contribution in [3.05, 3.63) is 24.3 Å². The molecule has 2 unspecified atom stereocenters. The molecule has 1 amide bonds. The van der Waals surface area contributed by atoms with E-state index in [-0.39, 0.29) is 18.5 Å². The van der Waals surface area contributed by atoms with Crippen LogP contribution in [0.1, 0.15) is 367 Å². The van der Waals surface area contributed by atoms with Gasteiger partial charge in [-0.05, 0) is 77.0 Å². The summed E-state index contributed by atoms with van der Waals surface area (Å²) in [5, 5.41) is 23.3. The van der Waals surface area contributed by atoms with Crippen molar-refractivity contribution in [3.8, 4) is 0 Å². The Morgan fingerprint density at radius 3 is 0.973 bits per heavy atom. The topological polar surface area (TPSA) is 95.9 Å². The average Bonchev–Trinajstić information content (AvgIpc) is 3.39. The molecule has 0 spiro atoms. The van der Waals surface area contributed by atoms with E-state index in [0.29, 0.717) is 25.9 Å². The molecule has 6 heteroatoms. The van der Waals surface area contributed by atoms with E-state index >= 15 is 0 Å². The number of hydrogen-bond acceptors (Lipinski definition) is 5. The standard InChI is InChI=1S/C67H129NO5/c1-3-5-7-9-11-13-15-17-19-29-32-35-39-43-47-51-55-59-65(70)64(63-69)68-66(71)60-56-52-48-44-40-36-33-30-27-25-23-21-20-22-24-26-28-31-34-38-42-46-50-54-58-62-73-67(72)61-57-53-49-45-41-37-18-16-14-12-10-8-6-4-2/h16,18,21,23,64-65,69-70H,3-15,17,19-20,22,24-63H2,1-2H3,(H,68,71)/b18-16-,23-21-. The zero-order chi connectivity index (χ0) is 52.9. The van der Waals surface area contributed by atoms with Crippen LogP contribution in [0.4, 0.5) is 0 Å². The number of allylic oxidation sites excluding steroid dienone is 4. The minimum Gasteiger partial charge on any atom is -0.466 e. The first kappa shape index (κ1) is 71.3. The molecule has 0 bridgehead atoms. The molecule has 0 aromatic heterocycles. The molecule has 0 aliphatic carbocycles. The van der Waals surface area contributed by atoms with Gasteiger partial charge in [0.05, 0.1) is 25.4 Å². The Morgan fingerprint density at radius 2 is 0.644 bits per heavy atom. The zero-order valence-corrected chi connectivity index (χ0v) is 49.4. The first-order chi connectivity index (χ1) is 36.0. The third-order valence-electron chi connectivity index (χ3n) is 15.5. The maximum Gasteiger partial charge on any atom is 0.305 e. The summed E-state index contributed by atoms with van der Waals surface area (Å²) >= 11 is 0. The number of unbranched alkanes of at least 4 members (excludes halogenated alkanes) is 47. The van der Waals surface area contributed by atoms with Gasteiger partial charge in [0.1, 0.15) is 0 Å². The Labute approximate surface area is 456 Å². The van der Waals surface area contributed by atoms with E-state index in [1.54, 1.807) is 0 Å². The minimum absolute atomic E-state index is 0.00545. The van der Waals surface area contributed by atoms with E-state index in [1.165, 1.54) is 289 Å². The first-order valence-corrected chi connectivity index (χ1v) is 33.1. The molecular formula is C67H129NO5. The lowest BCUT2D eigenvalue weighted by Crippen LogP contribution is -2.45. The summed E-state index contributed by atoms with van der Waals surface area (Å²) in [7, 11) is 0. The summed E-state index contributed by atoms with van der Waals surface area (Å²) < 4.78 is 5.48. The Kier molecular flexibility index (Phi) is 61.4. The van der Waals surface area contributed by atoms with E-state index in [4.69, 9.17) is 4.74 Å². The summed E-state index contributed by atoms with van der Waals surface area (Å²) in [4.78, 5) is 24.6. The fourth-order valence-corrected chi connectivity index (χ4v) is 10.4. The van der Waals surface area contributed by atoms with Crippen LogP contribution in [-0.4, -0.2) is 47.4 Å². The summed E-state index contributed by atoms with van der Waals surface area (Å²) in [6.45, 7) is 4.97. The zero-order valence-electron chi connectivity index (χ0n) is 49.4. The van der Waals surface area contributed by atoms with E-state index in [2.05, 4.69) is 43.5 Å². The highest BCUT2D eigenvalue weighted by Gasteiger charge is 2.20. The SMILES string of the molecule is CCCCCCC/C=C\CCCCCCCC(=O)OCCCCCCCCCCCCCC/C=C\CCCCCCCCCCCC(=O)NC(CO)C(O)CCCCCCCCCCCCCCCCCCC. The van der Waals surface area contributed by atoms with Gasteiger partial charge in [-0.2, -0.15) is 0 Å². The molecule has 0 aromatic carbocycles. The predicted molar refractivity (Wildman–Crippen MR) is 320 cm³/mol. The number of aliphatic hydroxyl groups is 2. The minimum atomic E-state index is -0.666. The Hall–Kier alpha value is -1.66. The molecule has 432 valence electrons. The van der Waals surface area contributed by atoms with Gasteiger partial charge in [-0.25, -0.2) is 0 Å². The van der Waals surface area contributed by atoms with Crippen LogP contribution in [0.25, 0.3) is 0 Å². The van der Waals surface area contributed by atoms with E-state index in [0.717, 1.165) is 44.9 Å². The lowest BCUT2D eigenvalue weighted by molar-refractivity contribution is -0.143. The normalized spacial score (nSPS) is 12.7. The first-order valence-electron chi connectivity index (χ1n) is 33.1. The van der Waals surface area contributed by atoms with Crippen LogP contribution in [-0.2, 0) is 14.3 Å². The van der Waals surface area contributed by atoms with Crippen molar-refractivity contribution < 1.29 is 24.5 Å². The molecule has 0 saturated heterocycles. The quantitative estimate of drug-likeness (QED) is 0.0320. The molecule has 0 heterocycles. The van der Waals surface area contributed by atoms with Gasteiger partial charge in [0, 0.05) is 12.8 Å². The number of hydrogen-bond donors (Lipinski definition) is 3. The van der Waals surface area contributed by atoms with Crippen LogP contribution in [0.2, 0.25) is 0 Å². The molecule has 0 aliphatic rings. The third kappa shape index (κ3) is 59.4. The number of esters is 1. The van der Waals surface area contributed by atoms with Crippen molar-refractivity contribution in [2.45, 2.75) is 379 Å². The van der Waals surface area contributed by atoms with Crippen molar-refractivity contribution >= 4 is 11.9 Å². The number of amides is 1. The van der Waals surface area contributed by atoms with Crippen molar-refractivity contribution in [1.29, 1.82) is 0 Å². The van der Waals surface area contributed by atoms with Gasteiger partial charge in [0.2, 0.25) is 5.91 Å². The Morgan fingerprint density at radius 1 is 0.370 bits per heavy atom. The van der Waals surface area contributed by atoms with Gasteiger partial charge >= 0.3 is 5.97 Å². The summed E-state index contributed by atoms with van der Waals surface area (Å²) in [6, 6.07) is -0.544. The highest BCUT2D eigenvalue weighted by Crippen LogP contribution is 2.18. The Bertz CT molecular complexity index is 1140. The number of aliphatic hydroxyl groups excluding tert-OH is 2. The fraction of sp³-hybridized carbons (Fsp3) is 0.910. The van der Waals surface area contributed by atoms with Crippen LogP contribution < -0.4 is 5.32 Å². The van der Waals surface area contributed by atoms with Gasteiger partial charge in [-0.3, -0.25) is 9.59 Å². The van der Waals surface area contributed by atoms with Gasteiger partial charge in [0.15, 0.2) is 0 Å². The van der Waals surface area contributed by atoms with Crippen LogP contribution in [0, 0.1) is 0 Å². The van der Waals surface area contributed by atoms with Gasteiger partial charge in [0.25, 0.3) is 0 Å². The summed E-state index contributed by atoms with van der Waals surface area (Å²) in [6.07, 6.45) is 77.7. The fourth-order valence-electron chi connectivity index (χ4n) is 10.4. The highest BCUT2D eigenvalue weighted by molar-refractivity contribution is 5.76. The maximum atomic E-state index is 12.5. The van der Waals surface area contributed by atoms with E-state index in [1.807, 2.05) is 0 Å². The van der Waals surface area contributed by atoms with E-state index < -0.39 is 12.1 Å². The van der Waals surface area contributed by atoms with Gasteiger partial charge < -0.3 is 20.3 Å². The molecule has 0 saturated carbocycles. The second-order valence-corrected chi connectivity index (χ2v) is 22.8. The van der Waals surface area contributed by atoms with Crippen molar-refractivity contribution in [3.63, 3.8) is 0 Å². The Balaban J connectivity index is 3.39. The number of carbonyl (C=O) groups excluding carboxylic acids is 2. The van der Waals surface area contributed by atoms with Crippen LogP contribution in [0.5, 0.6) is 0 Å². The summed E-state index contributed by atoms with van der Waals surface area (Å²) in [5.41, 5.74) is 0. The lowest BCUT2D eigenvalue weighted by atomic mass is 10.0. The van der Waals surface area contributed by atoms with E-state index in [9.17, 15) is 19.8 Å². The molecule has 2 atom stereocenters. The van der Waals surface area contributed by atoms with Crippen LogP contribution >= 0.6 is 0 Å². The molecule has 0 fully saturated rings. The second kappa shape index (κ2) is 62.9. The lowest BCUT2D eigenvalue weighted by Gasteiger charge is -2.22. The van der Waals surface area contributed by atoms with Gasteiger partial charge in [-0.15, -0.1) is 0 Å². The second-order valence-electron chi connectivity index (χ2n) is 22.8. The van der Waals surface area contributed by atoms with Crippen molar-refractivity contribution in [2.24, 2.45) is 0 Å². The average molecular weight is 1030 g/mol. The molecule has 3 N–H and O–H groups in total. The molecule has 0 rings (SSSR count). The molecule has 0 aromatic rings. The third-order valence-corrected chi connectivity index (χ3v) is 15.5. The van der Waals surface area contributed by atoms with Crippen molar-refractivity contribution in [2.75, 3.05) is 13.2 Å². The van der Waals surface area contributed by atoms with Crippen LogP contribution in [0.15, 0.2) is 24.3 Å². The number of carbonyl (C=O) groups is 2. The largest absolute Gasteiger partial charge is 0.466 e. The molecule has 0 radical (unpaired) electrons. The molecule has 73 heavy (non-hydrogen) atoms. The van der Waals surface area contributed by atoms with Crippen LogP contribution in [0.3, 0.4) is 0 Å². The number of nitrogens with one attached hydrogen (secondary N) is 1. The van der Waals surface area contributed by atoms with Crippen molar-refractivity contribution in [1.82, 2.24) is 5.32 Å². The highest BCUT2D eigenvalue weighted by atomic mass is 16.5. The van der Waals surface area contributed by atoms with Gasteiger partial charge in [-0.1, -0.05) is 301 Å². The molecular weight excluding hydrogens is 899 g/mol. The molecule has 0 aliphatic heterocycles. The smallest absolute Gasteiger partial charge is 0.305 e.